The van der Waals surface area contributed by atoms with Crippen LogP contribution in [0.4, 0.5) is 0 Å². The molecule has 10 heteroatoms. The number of hydrogen-bond acceptors (Lipinski definition) is 7. The zero-order valence-electron chi connectivity index (χ0n) is 17.8. The van der Waals surface area contributed by atoms with Crippen molar-refractivity contribution in [1.82, 2.24) is 15.7 Å². The van der Waals surface area contributed by atoms with Crippen LogP contribution in [0.2, 0.25) is 0 Å². The number of rotatable bonds is 8. The molecule has 10 nitrogen and oxygen atoms in total. The van der Waals surface area contributed by atoms with E-state index >= 15 is 0 Å². The first-order chi connectivity index (χ1) is 15.5. The van der Waals surface area contributed by atoms with Crippen LogP contribution in [0.15, 0.2) is 18.2 Å². The molecule has 3 aliphatic rings. The molecular formula is C22H27N3O7. The van der Waals surface area contributed by atoms with E-state index in [4.69, 9.17) is 14.3 Å². The largest absolute Gasteiger partial charge is 0.493 e. The molecule has 172 valence electrons. The Kier molecular flexibility index (Phi) is 7.01. The normalized spacial score (nSPS) is 23.0. The Bertz CT molecular complexity index is 898. The molecule has 32 heavy (non-hydrogen) atoms. The molecular weight excluding hydrogens is 418 g/mol. The van der Waals surface area contributed by atoms with Gasteiger partial charge in [0.25, 0.3) is 5.91 Å². The lowest BCUT2D eigenvalue weighted by molar-refractivity contribution is -0.200. The standard InChI is InChI=1S/C22H27N3O7/c26-18-10-9-16(21(28)23-18)25-13-15-14(22(25)29)5-3-6-17(15)30-12-4-7-19(27)24-32-20-8-1-2-11-31-20/h3,5-6,16,20H,1-2,4,7-13H2,(H,24,27)(H,23,26,28). The third kappa shape index (κ3) is 5.08. The highest BCUT2D eigenvalue weighted by atomic mass is 16.8. The summed E-state index contributed by atoms with van der Waals surface area (Å²) in [6.07, 6.45) is 3.60. The third-order valence-corrected chi connectivity index (χ3v) is 5.79. The van der Waals surface area contributed by atoms with Crippen LogP contribution in [0, 0.1) is 0 Å². The van der Waals surface area contributed by atoms with Crippen molar-refractivity contribution < 1.29 is 33.5 Å². The molecule has 0 bridgehead atoms. The average molecular weight is 445 g/mol. The minimum Gasteiger partial charge on any atom is -0.493 e. The molecule has 0 radical (unpaired) electrons. The molecule has 3 aliphatic heterocycles. The van der Waals surface area contributed by atoms with Gasteiger partial charge in [0, 0.05) is 37.0 Å². The first-order valence-electron chi connectivity index (χ1n) is 11.0. The number of benzene rings is 1. The van der Waals surface area contributed by atoms with Gasteiger partial charge in [-0.1, -0.05) is 6.07 Å². The summed E-state index contributed by atoms with van der Waals surface area (Å²) in [6, 6.07) is 4.53. The second-order valence-electron chi connectivity index (χ2n) is 8.07. The fraction of sp³-hybridized carbons (Fsp3) is 0.545. The quantitative estimate of drug-likeness (QED) is 0.350. The molecule has 3 heterocycles. The Labute approximate surface area is 185 Å². The molecule has 2 saturated heterocycles. The first kappa shape index (κ1) is 22.2. The minimum absolute atomic E-state index is 0.207. The predicted molar refractivity (Wildman–Crippen MR) is 110 cm³/mol. The Morgan fingerprint density at radius 2 is 2.09 bits per heavy atom. The van der Waals surface area contributed by atoms with Crippen molar-refractivity contribution in [2.75, 3.05) is 13.2 Å². The number of fused-ring (bicyclic) bond motifs is 1. The number of ether oxygens (including phenoxy) is 2. The number of nitrogens with zero attached hydrogens (tertiary/aromatic N) is 1. The molecule has 4 amide bonds. The predicted octanol–water partition coefficient (Wildman–Crippen LogP) is 1.18. The summed E-state index contributed by atoms with van der Waals surface area (Å²) < 4.78 is 11.2. The summed E-state index contributed by atoms with van der Waals surface area (Å²) in [4.78, 5) is 55.1. The maximum absolute atomic E-state index is 12.8. The lowest BCUT2D eigenvalue weighted by Crippen LogP contribution is -2.52. The van der Waals surface area contributed by atoms with Crippen LogP contribution >= 0.6 is 0 Å². The second kappa shape index (κ2) is 10.1. The van der Waals surface area contributed by atoms with Gasteiger partial charge in [-0.15, -0.1) is 0 Å². The molecule has 0 aromatic heterocycles. The van der Waals surface area contributed by atoms with Gasteiger partial charge in [0.15, 0.2) is 6.29 Å². The van der Waals surface area contributed by atoms with Gasteiger partial charge in [-0.05, 0) is 37.8 Å². The Morgan fingerprint density at radius 1 is 1.22 bits per heavy atom. The monoisotopic (exact) mass is 445 g/mol. The van der Waals surface area contributed by atoms with Crippen LogP contribution in [0.25, 0.3) is 0 Å². The molecule has 1 aromatic rings. The van der Waals surface area contributed by atoms with E-state index < -0.39 is 11.9 Å². The number of piperidine rings is 1. The van der Waals surface area contributed by atoms with E-state index in [2.05, 4.69) is 10.8 Å². The van der Waals surface area contributed by atoms with Gasteiger partial charge >= 0.3 is 0 Å². The number of carbonyl (C=O) groups excluding carboxylic acids is 4. The van der Waals surface area contributed by atoms with Gasteiger partial charge in [-0.3, -0.25) is 24.5 Å². The van der Waals surface area contributed by atoms with E-state index in [9.17, 15) is 19.2 Å². The number of hydrogen-bond donors (Lipinski definition) is 2. The lowest BCUT2D eigenvalue weighted by Gasteiger charge is -2.29. The topological polar surface area (TPSA) is 123 Å². The summed E-state index contributed by atoms with van der Waals surface area (Å²) in [5.41, 5.74) is 3.62. The van der Waals surface area contributed by atoms with Crippen molar-refractivity contribution in [1.29, 1.82) is 0 Å². The zero-order chi connectivity index (χ0) is 22.5. The maximum Gasteiger partial charge on any atom is 0.255 e. The van der Waals surface area contributed by atoms with Crippen molar-refractivity contribution in [3.8, 4) is 5.75 Å². The molecule has 2 N–H and O–H groups in total. The number of hydroxylamine groups is 1. The summed E-state index contributed by atoms with van der Waals surface area (Å²) in [5, 5.41) is 2.29. The van der Waals surface area contributed by atoms with Crippen molar-refractivity contribution in [3.05, 3.63) is 29.3 Å². The van der Waals surface area contributed by atoms with E-state index in [0.29, 0.717) is 36.3 Å². The third-order valence-electron chi connectivity index (χ3n) is 5.79. The van der Waals surface area contributed by atoms with Gasteiger partial charge in [-0.2, -0.15) is 0 Å². The summed E-state index contributed by atoms with van der Waals surface area (Å²) >= 11 is 0. The van der Waals surface area contributed by atoms with Crippen LogP contribution in [-0.4, -0.2) is 54.1 Å². The molecule has 1 aromatic carbocycles. The van der Waals surface area contributed by atoms with Gasteiger partial charge in [0.1, 0.15) is 11.8 Å². The Morgan fingerprint density at radius 3 is 2.88 bits per heavy atom. The molecule has 2 fully saturated rings. The number of carbonyl (C=O) groups is 4. The van der Waals surface area contributed by atoms with Gasteiger partial charge in [0.05, 0.1) is 13.2 Å². The highest BCUT2D eigenvalue weighted by Crippen LogP contribution is 2.33. The number of amides is 4. The molecule has 0 saturated carbocycles. The number of imide groups is 1. The fourth-order valence-corrected chi connectivity index (χ4v) is 4.09. The number of nitrogens with one attached hydrogen (secondary N) is 2. The molecule has 0 aliphatic carbocycles. The van der Waals surface area contributed by atoms with Gasteiger partial charge < -0.3 is 14.4 Å². The van der Waals surface area contributed by atoms with E-state index in [0.717, 1.165) is 19.3 Å². The van der Waals surface area contributed by atoms with E-state index in [1.165, 1.54) is 4.90 Å². The van der Waals surface area contributed by atoms with Gasteiger partial charge in [0.2, 0.25) is 17.7 Å². The van der Waals surface area contributed by atoms with Crippen LogP contribution in [0.3, 0.4) is 0 Å². The van der Waals surface area contributed by atoms with Crippen molar-refractivity contribution in [2.24, 2.45) is 0 Å². The van der Waals surface area contributed by atoms with Crippen LogP contribution in [-0.2, 0) is 30.5 Å². The van der Waals surface area contributed by atoms with E-state index in [-0.39, 0.29) is 50.0 Å². The first-order valence-corrected chi connectivity index (χ1v) is 11.0. The van der Waals surface area contributed by atoms with Crippen LogP contribution in [0.1, 0.15) is 60.9 Å². The van der Waals surface area contributed by atoms with E-state index in [1.807, 2.05) is 0 Å². The van der Waals surface area contributed by atoms with Crippen LogP contribution in [0.5, 0.6) is 5.75 Å². The SMILES string of the molecule is O=C(CCCOc1cccc2c1CN(C1CCC(=O)NC1=O)C2=O)NOC1CCCCO1. The second-order valence-corrected chi connectivity index (χ2v) is 8.07. The van der Waals surface area contributed by atoms with Gasteiger partial charge in [-0.25, -0.2) is 10.3 Å². The highest BCUT2D eigenvalue weighted by molar-refractivity contribution is 6.05. The summed E-state index contributed by atoms with van der Waals surface area (Å²) in [5.74, 6) is -0.712. The van der Waals surface area contributed by atoms with Crippen molar-refractivity contribution in [2.45, 2.75) is 63.8 Å². The summed E-state index contributed by atoms with van der Waals surface area (Å²) in [6.45, 7) is 1.17. The highest BCUT2D eigenvalue weighted by Gasteiger charge is 2.40. The van der Waals surface area contributed by atoms with Crippen molar-refractivity contribution in [3.63, 3.8) is 0 Å². The maximum atomic E-state index is 12.8. The lowest BCUT2D eigenvalue weighted by atomic mass is 10.0. The Hall–Kier alpha value is -2.98. The zero-order valence-corrected chi connectivity index (χ0v) is 17.8. The fourth-order valence-electron chi connectivity index (χ4n) is 4.09. The summed E-state index contributed by atoms with van der Waals surface area (Å²) in [7, 11) is 0. The molecule has 2 unspecified atom stereocenters. The molecule has 4 rings (SSSR count). The Balaban J connectivity index is 1.26. The molecule has 0 spiro atoms. The smallest absolute Gasteiger partial charge is 0.255 e. The van der Waals surface area contributed by atoms with E-state index in [1.54, 1.807) is 18.2 Å². The van der Waals surface area contributed by atoms with Crippen molar-refractivity contribution >= 4 is 23.6 Å². The minimum atomic E-state index is -0.669. The average Bonchev–Trinajstić information content (AvgIpc) is 3.13. The molecule has 2 atom stereocenters. The van der Waals surface area contributed by atoms with Crippen LogP contribution < -0.4 is 15.5 Å².